The molecule has 82 valence electrons. The van der Waals surface area contributed by atoms with Crippen molar-refractivity contribution in [2.24, 2.45) is 23.5 Å². The first kappa shape index (κ1) is 10.5. The summed E-state index contributed by atoms with van der Waals surface area (Å²) >= 11 is 0. The van der Waals surface area contributed by atoms with Gasteiger partial charge >= 0.3 is 0 Å². The van der Waals surface area contributed by atoms with Gasteiger partial charge in [-0.1, -0.05) is 39.0 Å². The number of hydrogen-bond acceptors (Lipinski definition) is 1. The van der Waals surface area contributed by atoms with Gasteiger partial charge in [-0.25, -0.2) is 0 Å². The Morgan fingerprint density at radius 1 is 1.00 bits per heavy atom. The second-order valence-corrected chi connectivity index (χ2v) is 5.59. The van der Waals surface area contributed by atoms with Crippen molar-refractivity contribution < 1.29 is 0 Å². The molecule has 0 aromatic carbocycles. The molecule has 0 bridgehead atoms. The molecule has 3 atom stereocenters. The van der Waals surface area contributed by atoms with Crippen LogP contribution in [0.4, 0.5) is 0 Å². The minimum atomic E-state index is 0.503. The van der Waals surface area contributed by atoms with Crippen LogP contribution in [-0.4, -0.2) is 6.04 Å². The topological polar surface area (TPSA) is 26.0 Å². The van der Waals surface area contributed by atoms with Crippen molar-refractivity contribution in [1.82, 2.24) is 0 Å². The Bertz CT molecular complexity index is 172. The van der Waals surface area contributed by atoms with Gasteiger partial charge in [0.15, 0.2) is 0 Å². The molecule has 14 heavy (non-hydrogen) atoms. The fourth-order valence-electron chi connectivity index (χ4n) is 3.44. The summed E-state index contributed by atoms with van der Waals surface area (Å²) in [5.74, 6) is 2.81. The van der Waals surface area contributed by atoms with Crippen LogP contribution in [0.15, 0.2) is 0 Å². The third-order valence-electron chi connectivity index (χ3n) is 4.71. The average molecular weight is 195 g/mol. The minimum Gasteiger partial charge on any atom is -0.327 e. The van der Waals surface area contributed by atoms with Gasteiger partial charge in [0.2, 0.25) is 0 Å². The summed E-state index contributed by atoms with van der Waals surface area (Å²) in [5, 5.41) is 0. The lowest BCUT2D eigenvalue weighted by molar-refractivity contribution is 0.330. The second-order valence-electron chi connectivity index (χ2n) is 5.59. The zero-order chi connectivity index (χ0) is 9.97. The molecule has 0 saturated heterocycles. The van der Waals surface area contributed by atoms with E-state index in [9.17, 15) is 0 Å². The smallest absolute Gasteiger partial charge is 0.00672 e. The van der Waals surface area contributed by atoms with Gasteiger partial charge in [-0.05, 0) is 37.0 Å². The zero-order valence-electron chi connectivity index (χ0n) is 9.54. The van der Waals surface area contributed by atoms with Crippen molar-refractivity contribution >= 4 is 0 Å². The number of nitrogens with two attached hydrogens (primary N) is 1. The molecule has 0 radical (unpaired) electrons. The average Bonchev–Trinajstić information content (AvgIpc) is 2.77. The van der Waals surface area contributed by atoms with Gasteiger partial charge in [0.25, 0.3) is 0 Å². The SMILES string of the molecule is CC1C(N)CCC1CCC1CCCC1. The molecule has 0 aliphatic heterocycles. The molecule has 2 aliphatic rings. The van der Waals surface area contributed by atoms with E-state index in [1.807, 2.05) is 0 Å². The molecule has 0 spiro atoms. The van der Waals surface area contributed by atoms with Crippen molar-refractivity contribution in [1.29, 1.82) is 0 Å². The molecule has 2 rings (SSSR count). The van der Waals surface area contributed by atoms with Crippen LogP contribution in [-0.2, 0) is 0 Å². The Morgan fingerprint density at radius 3 is 2.29 bits per heavy atom. The standard InChI is InChI=1S/C13H25N/c1-10-12(8-9-13(10)14)7-6-11-4-2-3-5-11/h10-13H,2-9,14H2,1H3. The second kappa shape index (κ2) is 4.65. The van der Waals surface area contributed by atoms with Crippen molar-refractivity contribution in [2.45, 2.75) is 64.3 Å². The highest BCUT2D eigenvalue weighted by atomic mass is 14.7. The largest absolute Gasteiger partial charge is 0.327 e. The van der Waals surface area contributed by atoms with Crippen molar-refractivity contribution in [2.75, 3.05) is 0 Å². The molecule has 2 saturated carbocycles. The Balaban J connectivity index is 1.70. The lowest BCUT2D eigenvalue weighted by atomic mass is 9.88. The van der Waals surface area contributed by atoms with E-state index in [-0.39, 0.29) is 0 Å². The quantitative estimate of drug-likeness (QED) is 0.734. The molecule has 0 aromatic heterocycles. The van der Waals surface area contributed by atoms with Crippen LogP contribution in [0.5, 0.6) is 0 Å². The highest BCUT2D eigenvalue weighted by Crippen LogP contribution is 2.37. The van der Waals surface area contributed by atoms with Crippen LogP contribution in [0.1, 0.15) is 58.3 Å². The summed E-state index contributed by atoms with van der Waals surface area (Å²) in [5.41, 5.74) is 6.05. The highest BCUT2D eigenvalue weighted by molar-refractivity contribution is 4.85. The summed E-state index contributed by atoms with van der Waals surface area (Å²) in [7, 11) is 0. The Labute approximate surface area is 88.4 Å². The number of rotatable bonds is 3. The summed E-state index contributed by atoms with van der Waals surface area (Å²) in [6, 6.07) is 0.503. The Hall–Kier alpha value is -0.0400. The Morgan fingerprint density at radius 2 is 1.71 bits per heavy atom. The maximum absolute atomic E-state index is 6.05. The molecule has 1 nitrogen and oxygen atoms in total. The summed E-state index contributed by atoms with van der Waals surface area (Å²) < 4.78 is 0. The molecular weight excluding hydrogens is 170 g/mol. The van der Waals surface area contributed by atoms with Crippen LogP contribution >= 0.6 is 0 Å². The van der Waals surface area contributed by atoms with E-state index in [0.717, 1.165) is 17.8 Å². The van der Waals surface area contributed by atoms with Gasteiger partial charge < -0.3 is 5.73 Å². The molecule has 0 amide bonds. The minimum absolute atomic E-state index is 0.503. The number of hydrogen-bond donors (Lipinski definition) is 1. The van der Waals surface area contributed by atoms with Crippen LogP contribution < -0.4 is 5.73 Å². The molecule has 0 aromatic rings. The van der Waals surface area contributed by atoms with Gasteiger partial charge in [0.1, 0.15) is 0 Å². The van der Waals surface area contributed by atoms with E-state index in [1.165, 1.54) is 51.4 Å². The molecule has 2 fully saturated rings. The molecule has 2 aliphatic carbocycles. The highest BCUT2D eigenvalue weighted by Gasteiger charge is 2.30. The maximum atomic E-state index is 6.05. The molecule has 2 N–H and O–H groups in total. The van der Waals surface area contributed by atoms with Crippen molar-refractivity contribution in [3.63, 3.8) is 0 Å². The van der Waals surface area contributed by atoms with Gasteiger partial charge in [0.05, 0.1) is 0 Å². The first-order valence-corrected chi connectivity index (χ1v) is 6.53. The lowest BCUT2D eigenvalue weighted by Gasteiger charge is -2.19. The Kier molecular flexibility index (Phi) is 3.48. The monoisotopic (exact) mass is 195 g/mol. The van der Waals surface area contributed by atoms with Gasteiger partial charge in [0, 0.05) is 6.04 Å². The molecule has 0 heterocycles. The fraction of sp³-hybridized carbons (Fsp3) is 1.00. The van der Waals surface area contributed by atoms with Crippen LogP contribution in [0.25, 0.3) is 0 Å². The zero-order valence-corrected chi connectivity index (χ0v) is 9.54. The predicted molar refractivity (Wildman–Crippen MR) is 61.1 cm³/mol. The van der Waals surface area contributed by atoms with E-state index in [2.05, 4.69) is 6.92 Å². The van der Waals surface area contributed by atoms with E-state index in [0.29, 0.717) is 6.04 Å². The summed E-state index contributed by atoms with van der Waals surface area (Å²) in [6.45, 7) is 2.36. The summed E-state index contributed by atoms with van der Waals surface area (Å²) in [6.07, 6.45) is 11.6. The van der Waals surface area contributed by atoms with E-state index < -0.39 is 0 Å². The van der Waals surface area contributed by atoms with Crippen molar-refractivity contribution in [3.05, 3.63) is 0 Å². The third-order valence-corrected chi connectivity index (χ3v) is 4.71. The lowest BCUT2D eigenvalue weighted by Crippen LogP contribution is -2.25. The molecule has 1 heteroatoms. The van der Waals surface area contributed by atoms with Crippen LogP contribution in [0.2, 0.25) is 0 Å². The van der Waals surface area contributed by atoms with Gasteiger partial charge in [-0.2, -0.15) is 0 Å². The molecular formula is C13H25N. The van der Waals surface area contributed by atoms with Gasteiger partial charge in [-0.3, -0.25) is 0 Å². The summed E-state index contributed by atoms with van der Waals surface area (Å²) in [4.78, 5) is 0. The predicted octanol–water partition coefficient (Wildman–Crippen LogP) is 3.33. The maximum Gasteiger partial charge on any atom is 0.00672 e. The van der Waals surface area contributed by atoms with E-state index in [4.69, 9.17) is 5.73 Å². The normalized spacial score (nSPS) is 39.4. The first-order chi connectivity index (χ1) is 6.77. The van der Waals surface area contributed by atoms with Crippen LogP contribution in [0, 0.1) is 17.8 Å². The van der Waals surface area contributed by atoms with Crippen molar-refractivity contribution in [3.8, 4) is 0 Å². The van der Waals surface area contributed by atoms with Crippen LogP contribution in [0.3, 0.4) is 0 Å². The van der Waals surface area contributed by atoms with E-state index >= 15 is 0 Å². The van der Waals surface area contributed by atoms with Gasteiger partial charge in [-0.15, -0.1) is 0 Å². The molecule has 3 unspecified atom stereocenters. The fourth-order valence-corrected chi connectivity index (χ4v) is 3.44. The third kappa shape index (κ3) is 2.31. The first-order valence-electron chi connectivity index (χ1n) is 6.53. The van der Waals surface area contributed by atoms with E-state index in [1.54, 1.807) is 0 Å².